The number of rotatable bonds is 4. The molecule has 0 fully saturated rings. The van der Waals surface area contributed by atoms with Gasteiger partial charge in [0, 0.05) is 26.7 Å². The Kier molecular flexibility index (Phi) is 3.67. The van der Waals surface area contributed by atoms with Gasteiger partial charge in [0.15, 0.2) is 11.2 Å². The Morgan fingerprint density at radius 2 is 1.95 bits per heavy atom. The third kappa shape index (κ3) is 2.22. The molecule has 0 spiro atoms. The van der Waals surface area contributed by atoms with Crippen molar-refractivity contribution in [3.63, 3.8) is 0 Å². The molecule has 0 aliphatic carbocycles. The second-order valence-corrected chi connectivity index (χ2v) is 5.08. The van der Waals surface area contributed by atoms with Gasteiger partial charge in [-0.25, -0.2) is 4.79 Å². The van der Waals surface area contributed by atoms with Crippen LogP contribution in [0.5, 0.6) is 0 Å². The molecule has 110 valence electrons. The van der Waals surface area contributed by atoms with Crippen LogP contribution >= 0.6 is 0 Å². The number of aryl methyl sites for hydroxylation is 1. The van der Waals surface area contributed by atoms with E-state index in [0.29, 0.717) is 11.6 Å². The number of aliphatic hydroxyl groups excluding tert-OH is 1. The molecule has 2 heterocycles. The lowest BCUT2D eigenvalue weighted by Crippen LogP contribution is -2.36. The monoisotopic (exact) mass is 281 g/mol. The maximum Gasteiger partial charge on any atom is 0.332 e. The normalized spacial score (nSPS) is 14.4. The number of nitrogens with one attached hydrogen (secondary N) is 2. The van der Waals surface area contributed by atoms with E-state index in [9.17, 15) is 9.59 Å². The highest BCUT2D eigenvalue weighted by Crippen LogP contribution is 2.12. The molecule has 0 amide bonds. The molecule has 2 atom stereocenters. The summed E-state index contributed by atoms with van der Waals surface area (Å²) in [5, 5.41) is 12.2. The van der Waals surface area contributed by atoms with Crippen molar-refractivity contribution in [1.29, 1.82) is 0 Å². The van der Waals surface area contributed by atoms with E-state index in [0.717, 1.165) is 4.57 Å². The predicted molar refractivity (Wildman–Crippen MR) is 75.9 cm³/mol. The first-order chi connectivity index (χ1) is 9.36. The fourth-order valence-electron chi connectivity index (χ4n) is 1.91. The highest BCUT2D eigenvalue weighted by atomic mass is 16.3. The van der Waals surface area contributed by atoms with E-state index in [2.05, 4.69) is 15.3 Å². The number of aliphatic hydroxyl groups is 1. The number of aromatic amines is 1. The number of nitrogens with zero attached hydrogens (tertiary/aromatic N) is 3. The molecule has 2 unspecified atom stereocenters. The molecule has 8 nitrogen and oxygen atoms in total. The Balaban J connectivity index is 2.50. The predicted octanol–water partition coefficient (Wildman–Crippen LogP) is -0.611. The SMILES string of the molecule is CC(CO)C(C)Nc1nc2c([nH]1)c(=O)n(C)c(=O)n2C. The number of aromatic nitrogens is 4. The molecule has 8 heteroatoms. The average molecular weight is 281 g/mol. The molecular formula is C12H19N5O3. The van der Waals surface area contributed by atoms with Crippen LogP contribution in [0.2, 0.25) is 0 Å². The van der Waals surface area contributed by atoms with E-state index in [1.165, 1.54) is 11.6 Å². The Bertz CT molecular complexity index is 742. The fourth-order valence-corrected chi connectivity index (χ4v) is 1.91. The van der Waals surface area contributed by atoms with Crippen LogP contribution in [0, 0.1) is 5.92 Å². The lowest BCUT2D eigenvalue weighted by atomic mass is 10.1. The van der Waals surface area contributed by atoms with E-state index >= 15 is 0 Å². The van der Waals surface area contributed by atoms with Gasteiger partial charge in [-0.3, -0.25) is 13.9 Å². The first-order valence-electron chi connectivity index (χ1n) is 6.40. The number of hydrogen-bond acceptors (Lipinski definition) is 5. The van der Waals surface area contributed by atoms with Gasteiger partial charge in [0.1, 0.15) is 0 Å². The summed E-state index contributed by atoms with van der Waals surface area (Å²) in [5.41, 5.74) is -0.241. The van der Waals surface area contributed by atoms with Crippen molar-refractivity contribution in [2.24, 2.45) is 20.0 Å². The van der Waals surface area contributed by atoms with Crippen LogP contribution in [0.1, 0.15) is 13.8 Å². The third-order valence-corrected chi connectivity index (χ3v) is 3.60. The van der Waals surface area contributed by atoms with Gasteiger partial charge in [0.2, 0.25) is 5.95 Å². The first-order valence-corrected chi connectivity index (χ1v) is 6.40. The topological polar surface area (TPSA) is 105 Å². The zero-order valence-corrected chi connectivity index (χ0v) is 12.0. The maximum atomic E-state index is 12.0. The van der Waals surface area contributed by atoms with Gasteiger partial charge in [-0.15, -0.1) is 0 Å². The Labute approximate surface area is 115 Å². The van der Waals surface area contributed by atoms with Crippen LogP contribution in [0.15, 0.2) is 9.59 Å². The molecule has 0 radical (unpaired) electrons. The van der Waals surface area contributed by atoms with Crippen LogP contribution < -0.4 is 16.6 Å². The Morgan fingerprint density at radius 1 is 1.30 bits per heavy atom. The summed E-state index contributed by atoms with van der Waals surface area (Å²) in [7, 11) is 2.99. The summed E-state index contributed by atoms with van der Waals surface area (Å²) in [6.07, 6.45) is 0. The van der Waals surface area contributed by atoms with Crippen molar-refractivity contribution < 1.29 is 5.11 Å². The molecular weight excluding hydrogens is 262 g/mol. The molecule has 3 N–H and O–H groups in total. The van der Waals surface area contributed by atoms with Gasteiger partial charge in [-0.05, 0) is 12.8 Å². The van der Waals surface area contributed by atoms with Crippen molar-refractivity contribution >= 4 is 17.1 Å². The molecule has 0 saturated carbocycles. The van der Waals surface area contributed by atoms with Gasteiger partial charge in [0.05, 0.1) is 0 Å². The van der Waals surface area contributed by atoms with Gasteiger partial charge >= 0.3 is 5.69 Å². The second kappa shape index (κ2) is 5.12. The third-order valence-electron chi connectivity index (χ3n) is 3.60. The molecule has 2 aromatic heterocycles. The highest BCUT2D eigenvalue weighted by molar-refractivity contribution is 5.72. The summed E-state index contributed by atoms with van der Waals surface area (Å²) >= 11 is 0. The zero-order valence-electron chi connectivity index (χ0n) is 12.0. The first kappa shape index (κ1) is 14.3. The number of fused-ring (bicyclic) bond motifs is 1. The van der Waals surface area contributed by atoms with Gasteiger partial charge in [-0.2, -0.15) is 4.98 Å². The van der Waals surface area contributed by atoms with Crippen LogP contribution in [0.4, 0.5) is 5.95 Å². The summed E-state index contributed by atoms with van der Waals surface area (Å²) in [6, 6.07) is -0.0264. The summed E-state index contributed by atoms with van der Waals surface area (Å²) < 4.78 is 2.35. The van der Waals surface area contributed by atoms with E-state index in [-0.39, 0.29) is 24.1 Å². The summed E-state index contributed by atoms with van der Waals surface area (Å²) in [4.78, 5) is 30.9. The second-order valence-electron chi connectivity index (χ2n) is 5.08. The van der Waals surface area contributed by atoms with Gasteiger partial charge < -0.3 is 15.4 Å². The molecule has 2 rings (SSSR count). The average Bonchev–Trinajstić information content (AvgIpc) is 2.85. The van der Waals surface area contributed by atoms with Crippen molar-refractivity contribution in [1.82, 2.24) is 19.1 Å². The van der Waals surface area contributed by atoms with E-state index in [1.807, 2.05) is 13.8 Å². The lowest BCUT2D eigenvalue weighted by molar-refractivity contribution is 0.226. The van der Waals surface area contributed by atoms with E-state index in [1.54, 1.807) is 7.05 Å². The van der Waals surface area contributed by atoms with Crippen molar-refractivity contribution in [3.8, 4) is 0 Å². The molecule has 0 aliphatic rings. The molecule has 20 heavy (non-hydrogen) atoms. The maximum absolute atomic E-state index is 12.0. The molecule has 0 bridgehead atoms. The number of hydrogen-bond donors (Lipinski definition) is 3. The summed E-state index contributed by atoms with van der Waals surface area (Å²) in [5.74, 6) is 0.445. The Hall–Kier alpha value is -2.09. The number of anilines is 1. The Morgan fingerprint density at radius 3 is 2.55 bits per heavy atom. The lowest BCUT2D eigenvalue weighted by Gasteiger charge is -2.18. The van der Waals surface area contributed by atoms with E-state index < -0.39 is 11.2 Å². The van der Waals surface area contributed by atoms with E-state index in [4.69, 9.17) is 5.11 Å². The molecule has 2 aromatic rings. The fraction of sp³-hybridized carbons (Fsp3) is 0.583. The largest absolute Gasteiger partial charge is 0.396 e. The van der Waals surface area contributed by atoms with Crippen LogP contribution in [-0.4, -0.2) is 36.9 Å². The number of H-pyrrole nitrogens is 1. The van der Waals surface area contributed by atoms with Crippen molar-refractivity contribution in [2.45, 2.75) is 19.9 Å². The standard InChI is InChI=1S/C12H19N5O3/c1-6(5-18)7(2)13-11-14-8-9(15-11)16(3)12(20)17(4)10(8)19/h6-7,18H,5H2,1-4H3,(H2,13,14,15). The van der Waals surface area contributed by atoms with Crippen molar-refractivity contribution in [2.75, 3.05) is 11.9 Å². The minimum Gasteiger partial charge on any atom is -0.396 e. The van der Waals surface area contributed by atoms with Gasteiger partial charge in [0.25, 0.3) is 5.56 Å². The van der Waals surface area contributed by atoms with Crippen LogP contribution in [0.25, 0.3) is 11.2 Å². The van der Waals surface area contributed by atoms with Crippen LogP contribution in [0.3, 0.4) is 0 Å². The minimum absolute atomic E-state index is 0.0264. The smallest absolute Gasteiger partial charge is 0.332 e. The minimum atomic E-state index is -0.419. The molecule has 0 saturated heterocycles. The number of imidazole rings is 1. The molecule has 0 aromatic carbocycles. The van der Waals surface area contributed by atoms with Crippen LogP contribution in [-0.2, 0) is 14.1 Å². The zero-order chi connectivity index (χ0) is 15.0. The molecule has 0 aliphatic heterocycles. The van der Waals surface area contributed by atoms with Gasteiger partial charge in [-0.1, -0.05) is 6.92 Å². The quantitative estimate of drug-likeness (QED) is 0.693. The van der Waals surface area contributed by atoms with Crippen molar-refractivity contribution in [3.05, 3.63) is 20.8 Å². The summed E-state index contributed by atoms with van der Waals surface area (Å²) in [6.45, 7) is 3.86. The highest BCUT2D eigenvalue weighted by Gasteiger charge is 2.16.